The normalized spacial score (nSPS) is 19.4. The summed E-state index contributed by atoms with van der Waals surface area (Å²) in [7, 11) is 1.60. The summed E-state index contributed by atoms with van der Waals surface area (Å²) in [6.07, 6.45) is 3.78. The van der Waals surface area contributed by atoms with E-state index in [-0.39, 0.29) is 17.9 Å². The Bertz CT molecular complexity index is 873. The van der Waals surface area contributed by atoms with E-state index < -0.39 is 0 Å². The van der Waals surface area contributed by atoms with Crippen molar-refractivity contribution in [3.05, 3.63) is 18.2 Å². The molecule has 1 amide bonds. The van der Waals surface area contributed by atoms with Gasteiger partial charge in [-0.15, -0.1) is 0 Å². The second kappa shape index (κ2) is 10.00. The molecule has 9 nitrogen and oxygen atoms in total. The number of amides is 1. The van der Waals surface area contributed by atoms with Gasteiger partial charge in [0.15, 0.2) is 11.5 Å². The molecule has 1 aromatic carbocycles. The zero-order chi connectivity index (χ0) is 21.6. The highest BCUT2D eigenvalue weighted by Crippen LogP contribution is 2.32. The maximum Gasteiger partial charge on any atom is 0.324 e. The van der Waals surface area contributed by atoms with E-state index in [4.69, 9.17) is 18.7 Å². The molecule has 0 bridgehead atoms. The lowest BCUT2D eigenvalue weighted by Crippen LogP contribution is -2.42. The summed E-state index contributed by atoms with van der Waals surface area (Å²) in [6.45, 7) is 5.30. The van der Waals surface area contributed by atoms with Crippen molar-refractivity contribution >= 4 is 11.9 Å². The number of piperidine rings is 1. The van der Waals surface area contributed by atoms with Crippen LogP contribution in [-0.2, 0) is 9.53 Å². The first-order valence-electron chi connectivity index (χ1n) is 11.0. The van der Waals surface area contributed by atoms with Crippen molar-refractivity contribution in [1.82, 2.24) is 15.5 Å². The average Bonchev–Trinajstić information content (AvgIpc) is 3.50. The Kier molecular flexibility index (Phi) is 6.91. The highest BCUT2D eigenvalue weighted by Gasteiger charge is 2.28. The quantitative estimate of drug-likeness (QED) is 0.682. The van der Waals surface area contributed by atoms with Crippen LogP contribution in [0, 0.1) is 5.92 Å². The SMILES string of the molecule is CCOc1ccc(-c2noc(N3CCC(C(=O)NCC4CCCO4)CC3)n2)cc1OC. The fraction of sp³-hybridized carbons (Fsp3) is 0.591. The Hall–Kier alpha value is -2.81. The number of nitrogens with zero attached hydrogens (tertiary/aromatic N) is 3. The molecule has 0 radical (unpaired) electrons. The second-order valence-corrected chi connectivity index (χ2v) is 7.84. The fourth-order valence-corrected chi connectivity index (χ4v) is 4.04. The molecule has 2 saturated heterocycles. The molecule has 168 valence electrons. The van der Waals surface area contributed by atoms with Gasteiger partial charge in [0.05, 0.1) is 19.8 Å². The number of carbonyl (C=O) groups is 1. The topological polar surface area (TPSA) is 99.0 Å². The van der Waals surface area contributed by atoms with E-state index >= 15 is 0 Å². The van der Waals surface area contributed by atoms with Gasteiger partial charge in [0.2, 0.25) is 11.7 Å². The molecule has 2 aromatic rings. The van der Waals surface area contributed by atoms with E-state index in [9.17, 15) is 4.79 Å². The molecule has 0 spiro atoms. The third-order valence-electron chi connectivity index (χ3n) is 5.80. The predicted octanol–water partition coefficient (Wildman–Crippen LogP) is 2.66. The van der Waals surface area contributed by atoms with E-state index in [2.05, 4.69) is 15.5 Å². The number of rotatable bonds is 8. The summed E-state index contributed by atoms with van der Waals surface area (Å²) >= 11 is 0. The first-order chi connectivity index (χ1) is 15.2. The Labute approximate surface area is 182 Å². The lowest BCUT2D eigenvalue weighted by molar-refractivity contribution is -0.126. The smallest absolute Gasteiger partial charge is 0.324 e. The minimum Gasteiger partial charge on any atom is -0.493 e. The molecule has 3 heterocycles. The average molecular weight is 431 g/mol. The summed E-state index contributed by atoms with van der Waals surface area (Å²) in [4.78, 5) is 19.0. The molecule has 0 saturated carbocycles. The fourth-order valence-electron chi connectivity index (χ4n) is 4.04. The largest absolute Gasteiger partial charge is 0.493 e. The summed E-state index contributed by atoms with van der Waals surface area (Å²) < 4.78 is 22.0. The number of ether oxygens (including phenoxy) is 3. The number of hydrogen-bond acceptors (Lipinski definition) is 8. The van der Waals surface area contributed by atoms with Crippen LogP contribution >= 0.6 is 0 Å². The first kappa shape index (κ1) is 21.4. The van der Waals surface area contributed by atoms with Gasteiger partial charge in [-0.2, -0.15) is 4.98 Å². The Morgan fingerprint density at radius 1 is 1.26 bits per heavy atom. The summed E-state index contributed by atoms with van der Waals surface area (Å²) in [5, 5.41) is 7.17. The maximum absolute atomic E-state index is 12.5. The zero-order valence-corrected chi connectivity index (χ0v) is 18.1. The van der Waals surface area contributed by atoms with Crippen LogP contribution in [0.1, 0.15) is 32.6 Å². The Morgan fingerprint density at radius 2 is 2.10 bits per heavy atom. The molecule has 4 rings (SSSR count). The zero-order valence-electron chi connectivity index (χ0n) is 18.1. The number of benzene rings is 1. The van der Waals surface area contributed by atoms with Crippen molar-refractivity contribution in [2.45, 2.75) is 38.7 Å². The van der Waals surface area contributed by atoms with Crippen LogP contribution in [0.3, 0.4) is 0 Å². The second-order valence-electron chi connectivity index (χ2n) is 7.84. The van der Waals surface area contributed by atoms with Crippen LogP contribution in [0.5, 0.6) is 11.5 Å². The number of aromatic nitrogens is 2. The molecule has 2 aliphatic rings. The van der Waals surface area contributed by atoms with E-state index in [0.29, 0.717) is 49.6 Å². The van der Waals surface area contributed by atoms with E-state index in [1.807, 2.05) is 30.0 Å². The van der Waals surface area contributed by atoms with Gasteiger partial charge < -0.3 is 29.0 Å². The third-order valence-corrected chi connectivity index (χ3v) is 5.80. The molecule has 1 N–H and O–H groups in total. The van der Waals surface area contributed by atoms with Gasteiger partial charge in [-0.3, -0.25) is 4.79 Å². The predicted molar refractivity (Wildman–Crippen MR) is 114 cm³/mol. The molecule has 2 aliphatic heterocycles. The third kappa shape index (κ3) is 5.10. The van der Waals surface area contributed by atoms with Crippen molar-refractivity contribution in [1.29, 1.82) is 0 Å². The van der Waals surface area contributed by atoms with Crippen LogP contribution in [0.25, 0.3) is 11.4 Å². The van der Waals surface area contributed by atoms with Crippen molar-refractivity contribution in [3.8, 4) is 22.9 Å². The minimum absolute atomic E-state index is 0.00964. The van der Waals surface area contributed by atoms with E-state index in [0.717, 1.165) is 37.9 Å². The molecule has 1 aromatic heterocycles. The Balaban J connectivity index is 1.32. The highest BCUT2D eigenvalue weighted by molar-refractivity contribution is 5.79. The van der Waals surface area contributed by atoms with Crippen LogP contribution in [0.2, 0.25) is 0 Å². The standard InChI is InChI=1S/C22H30N4O5/c1-3-29-18-7-6-16(13-19(18)28-2)20-24-22(31-25-20)26-10-8-15(9-11-26)21(27)23-14-17-5-4-12-30-17/h6-7,13,15,17H,3-5,8-12,14H2,1-2H3,(H,23,27). The van der Waals surface area contributed by atoms with E-state index in [1.54, 1.807) is 7.11 Å². The van der Waals surface area contributed by atoms with Gasteiger partial charge in [-0.05, 0) is 50.8 Å². The molecular formula is C22H30N4O5. The number of anilines is 1. The Morgan fingerprint density at radius 3 is 2.81 bits per heavy atom. The maximum atomic E-state index is 12.5. The summed E-state index contributed by atoms with van der Waals surface area (Å²) in [6, 6.07) is 6.03. The monoisotopic (exact) mass is 430 g/mol. The molecule has 2 fully saturated rings. The highest BCUT2D eigenvalue weighted by atomic mass is 16.5. The van der Waals surface area contributed by atoms with Gasteiger partial charge in [-0.1, -0.05) is 5.16 Å². The molecule has 9 heteroatoms. The molecule has 1 unspecified atom stereocenters. The van der Waals surface area contributed by atoms with E-state index in [1.165, 1.54) is 0 Å². The summed E-state index contributed by atoms with van der Waals surface area (Å²) in [5.74, 6) is 1.92. The number of methoxy groups -OCH3 is 1. The molecule has 31 heavy (non-hydrogen) atoms. The van der Waals surface area contributed by atoms with Gasteiger partial charge in [0, 0.05) is 37.7 Å². The van der Waals surface area contributed by atoms with Crippen LogP contribution in [0.4, 0.5) is 6.01 Å². The minimum atomic E-state index is 0.00964. The first-order valence-corrected chi connectivity index (χ1v) is 11.0. The van der Waals surface area contributed by atoms with Crippen LogP contribution in [0.15, 0.2) is 22.7 Å². The van der Waals surface area contributed by atoms with Crippen molar-refractivity contribution in [2.75, 3.05) is 44.9 Å². The molecular weight excluding hydrogens is 400 g/mol. The van der Waals surface area contributed by atoms with Crippen molar-refractivity contribution < 1.29 is 23.5 Å². The lowest BCUT2D eigenvalue weighted by Gasteiger charge is -2.29. The van der Waals surface area contributed by atoms with Gasteiger partial charge in [0.1, 0.15) is 0 Å². The molecule has 0 aliphatic carbocycles. The number of nitrogens with one attached hydrogen (secondary N) is 1. The van der Waals surface area contributed by atoms with Crippen molar-refractivity contribution in [3.63, 3.8) is 0 Å². The van der Waals surface area contributed by atoms with Gasteiger partial charge >= 0.3 is 6.01 Å². The van der Waals surface area contributed by atoms with Crippen LogP contribution in [-0.4, -0.2) is 62.1 Å². The summed E-state index contributed by atoms with van der Waals surface area (Å²) in [5.41, 5.74) is 0.790. The number of hydrogen-bond donors (Lipinski definition) is 1. The van der Waals surface area contributed by atoms with Gasteiger partial charge in [0.25, 0.3) is 0 Å². The van der Waals surface area contributed by atoms with Gasteiger partial charge in [-0.25, -0.2) is 0 Å². The lowest BCUT2D eigenvalue weighted by atomic mass is 9.96. The van der Waals surface area contributed by atoms with Crippen molar-refractivity contribution in [2.24, 2.45) is 5.92 Å². The van der Waals surface area contributed by atoms with Crippen LogP contribution < -0.4 is 19.7 Å². The number of carbonyl (C=O) groups excluding carboxylic acids is 1. The molecule has 1 atom stereocenters.